The summed E-state index contributed by atoms with van der Waals surface area (Å²) in [6.45, 7) is 1.71. The molecule has 3 aromatic rings. The maximum atomic E-state index is 13.2. The molecule has 9 nitrogen and oxygen atoms in total. The number of amides is 1. The number of hydrogen-bond acceptors (Lipinski definition) is 7. The van der Waals surface area contributed by atoms with Crippen molar-refractivity contribution in [1.82, 2.24) is 19.3 Å². The summed E-state index contributed by atoms with van der Waals surface area (Å²) in [5.74, 6) is 0.725. The van der Waals surface area contributed by atoms with Gasteiger partial charge in [-0.15, -0.1) is 11.8 Å². The molecule has 1 heterocycles. The van der Waals surface area contributed by atoms with Gasteiger partial charge in [0.15, 0.2) is 0 Å². The number of carbonyl (C=O) groups excluding carboxylic acids is 1. The fourth-order valence-corrected chi connectivity index (χ4v) is 5.85. The van der Waals surface area contributed by atoms with Crippen molar-refractivity contribution in [2.45, 2.75) is 28.9 Å². The Morgan fingerprint density at radius 1 is 1.21 bits per heavy atom. The smallest absolute Gasteiger partial charge is 0.262 e. The van der Waals surface area contributed by atoms with E-state index in [1.165, 1.54) is 67.3 Å². The van der Waals surface area contributed by atoms with Gasteiger partial charge in [-0.3, -0.25) is 10.0 Å². The van der Waals surface area contributed by atoms with Gasteiger partial charge in [-0.2, -0.15) is 4.31 Å². The van der Waals surface area contributed by atoms with E-state index in [4.69, 9.17) is 4.74 Å². The Bertz CT molecular complexity index is 1220. The minimum Gasteiger partial charge on any atom is -0.457 e. The molecule has 34 heavy (non-hydrogen) atoms. The number of ether oxygens (including phenoxy) is 1. The zero-order chi connectivity index (χ0) is 24.9. The predicted molar refractivity (Wildman–Crippen MR) is 126 cm³/mol. The zero-order valence-electron chi connectivity index (χ0n) is 18.8. The lowest BCUT2D eigenvalue weighted by Gasteiger charge is -2.30. The quantitative estimate of drug-likeness (QED) is 0.319. The third-order valence-corrected chi connectivity index (χ3v) is 8.22. The maximum Gasteiger partial charge on any atom is 0.262 e. The van der Waals surface area contributed by atoms with Crippen molar-refractivity contribution >= 4 is 27.7 Å². The highest BCUT2D eigenvalue weighted by Crippen LogP contribution is 2.28. The average Bonchev–Trinajstić information content (AvgIpc) is 3.24. The first-order valence-corrected chi connectivity index (χ1v) is 12.7. The second-order valence-corrected chi connectivity index (χ2v) is 10.8. The van der Waals surface area contributed by atoms with Gasteiger partial charge in [-0.05, 0) is 48.5 Å². The molecule has 182 valence electrons. The van der Waals surface area contributed by atoms with Gasteiger partial charge in [0.1, 0.15) is 29.2 Å². The van der Waals surface area contributed by atoms with Gasteiger partial charge in [0, 0.05) is 31.7 Å². The highest BCUT2D eigenvalue weighted by atomic mass is 32.2. The number of carbonyl (C=O) groups is 1. The number of sulfonamides is 1. The van der Waals surface area contributed by atoms with Crippen LogP contribution in [-0.4, -0.2) is 51.7 Å². The van der Waals surface area contributed by atoms with Crippen LogP contribution in [0, 0.1) is 5.82 Å². The molecule has 0 bridgehead atoms. The molecule has 0 saturated carbocycles. The molecule has 1 aromatic heterocycles. The molecule has 0 radical (unpaired) electrons. The molecular weight excluding hydrogens is 483 g/mol. The Morgan fingerprint density at radius 2 is 1.79 bits per heavy atom. The Kier molecular flexibility index (Phi) is 8.31. The second-order valence-electron chi connectivity index (χ2n) is 7.44. The lowest BCUT2D eigenvalue weighted by Crippen LogP contribution is -2.51. The number of rotatable bonds is 10. The van der Waals surface area contributed by atoms with E-state index in [1.54, 1.807) is 24.8 Å². The molecule has 2 N–H and O–H groups in total. The highest BCUT2D eigenvalue weighted by Gasteiger charge is 2.37. The number of aromatic nitrogens is 2. The van der Waals surface area contributed by atoms with Crippen LogP contribution in [-0.2, 0) is 27.6 Å². The molecule has 0 aliphatic carbocycles. The first-order valence-electron chi connectivity index (χ1n) is 10.2. The molecule has 2 atom stereocenters. The van der Waals surface area contributed by atoms with Crippen molar-refractivity contribution in [3.05, 3.63) is 72.6 Å². The standard InChI is InChI=1S/C22H25FN4O5S2/c1-15(33-14-20-24-12-13-26(20)2)21(22(28)25-29)27(3)34(30,31)19-10-8-18(9-11-19)32-17-6-4-16(23)5-7-17/h4-13,15,21,29H,14H2,1-3H3,(H,25,28)/t15-,21?/m1/s1. The number of nitrogens with zero attached hydrogens (tertiary/aromatic N) is 3. The molecule has 1 unspecified atom stereocenters. The molecule has 0 aliphatic heterocycles. The third-order valence-electron chi connectivity index (χ3n) is 5.16. The third kappa shape index (κ3) is 5.95. The van der Waals surface area contributed by atoms with Crippen LogP contribution in [0.2, 0.25) is 0 Å². The number of benzene rings is 2. The molecule has 12 heteroatoms. The van der Waals surface area contributed by atoms with E-state index in [1.807, 2.05) is 11.6 Å². The molecule has 1 amide bonds. The first-order chi connectivity index (χ1) is 16.1. The highest BCUT2D eigenvalue weighted by molar-refractivity contribution is 7.99. The van der Waals surface area contributed by atoms with Crippen LogP contribution >= 0.6 is 11.8 Å². The van der Waals surface area contributed by atoms with Crippen LogP contribution < -0.4 is 10.2 Å². The minimum absolute atomic E-state index is 0.0569. The van der Waals surface area contributed by atoms with E-state index >= 15 is 0 Å². The van der Waals surface area contributed by atoms with Gasteiger partial charge < -0.3 is 9.30 Å². The number of hydrogen-bond donors (Lipinski definition) is 2. The van der Waals surface area contributed by atoms with Gasteiger partial charge >= 0.3 is 0 Å². The van der Waals surface area contributed by atoms with Crippen molar-refractivity contribution in [2.24, 2.45) is 7.05 Å². The Morgan fingerprint density at radius 3 is 2.32 bits per heavy atom. The van der Waals surface area contributed by atoms with Crippen LogP contribution in [0.4, 0.5) is 4.39 Å². The molecule has 0 spiro atoms. The molecule has 3 rings (SSSR count). The molecule has 0 fully saturated rings. The van der Waals surface area contributed by atoms with Gasteiger partial charge in [-0.25, -0.2) is 23.3 Å². The predicted octanol–water partition coefficient (Wildman–Crippen LogP) is 3.17. The summed E-state index contributed by atoms with van der Waals surface area (Å²) < 4.78 is 47.9. The number of likely N-dealkylation sites (N-methyl/N-ethyl adjacent to an activating group) is 1. The second kappa shape index (κ2) is 11.0. The van der Waals surface area contributed by atoms with Crippen LogP contribution in [0.15, 0.2) is 65.8 Å². The number of thioether (sulfide) groups is 1. The Balaban J connectivity index is 1.76. The van der Waals surface area contributed by atoms with Gasteiger partial charge in [0.25, 0.3) is 5.91 Å². The number of halogens is 1. The van der Waals surface area contributed by atoms with E-state index in [0.29, 0.717) is 17.3 Å². The van der Waals surface area contributed by atoms with Crippen LogP contribution in [0.5, 0.6) is 11.5 Å². The minimum atomic E-state index is -4.09. The lowest BCUT2D eigenvalue weighted by atomic mass is 10.2. The summed E-state index contributed by atoms with van der Waals surface area (Å²) in [6, 6.07) is 9.86. The van der Waals surface area contributed by atoms with Crippen molar-refractivity contribution < 1.29 is 27.5 Å². The van der Waals surface area contributed by atoms with E-state index < -0.39 is 33.0 Å². The van der Waals surface area contributed by atoms with E-state index in [0.717, 1.165) is 10.1 Å². The SMILES string of the molecule is C[C@@H](SCc1nccn1C)C(C(=O)NO)N(C)S(=O)(=O)c1ccc(Oc2ccc(F)cc2)cc1. The maximum absolute atomic E-state index is 13.2. The number of nitrogens with one attached hydrogen (secondary N) is 1. The molecular formula is C22H25FN4O5S2. The Hall–Kier alpha value is -2.93. The van der Waals surface area contributed by atoms with Gasteiger partial charge in [0.05, 0.1) is 10.6 Å². The number of imidazole rings is 1. The zero-order valence-corrected chi connectivity index (χ0v) is 20.4. The largest absolute Gasteiger partial charge is 0.457 e. The fourth-order valence-electron chi connectivity index (χ4n) is 3.21. The van der Waals surface area contributed by atoms with Gasteiger partial charge in [-0.1, -0.05) is 6.92 Å². The van der Waals surface area contributed by atoms with Crippen LogP contribution in [0.25, 0.3) is 0 Å². The molecule has 0 aliphatic rings. The molecule has 2 aromatic carbocycles. The summed E-state index contributed by atoms with van der Waals surface area (Å²) in [7, 11) is -0.965. The lowest BCUT2D eigenvalue weighted by molar-refractivity contribution is -0.132. The number of aryl methyl sites for hydroxylation is 1. The van der Waals surface area contributed by atoms with Crippen LogP contribution in [0.1, 0.15) is 12.7 Å². The normalized spacial score (nSPS) is 13.5. The average molecular weight is 509 g/mol. The van der Waals surface area contributed by atoms with E-state index in [-0.39, 0.29) is 4.90 Å². The van der Waals surface area contributed by atoms with Gasteiger partial charge in [0.2, 0.25) is 10.0 Å². The Labute approximate surface area is 201 Å². The van der Waals surface area contributed by atoms with Crippen molar-refractivity contribution in [1.29, 1.82) is 0 Å². The summed E-state index contributed by atoms with van der Waals surface area (Å²) in [6.07, 6.45) is 3.44. The summed E-state index contributed by atoms with van der Waals surface area (Å²) >= 11 is 1.34. The van der Waals surface area contributed by atoms with E-state index in [9.17, 15) is 22.8 Å². The topological polar surface area (TPSA) is 114 Å². The van der Waals surface area contributed by atoms with Crippen molar-refractivity contribution in [3.8, 4) is 11.5 Å². The van der Waals surface area contributed by atoms with E-state index in [2.05, 4.69) is 4.98 Å². The monoisotopic (exact) mass is 508 g/mol. The fraction of sp³-hybridized carbons (Fsp3) is 0.273. The first kappa shape index (κ1) is 25.7. The summed E-state index contributed by atoms with van der Waals surface area (Å²) in [5, 5.41) is 8.73. The van der Waals surface area contributed by atoms with Crippen molar-refractivity contribution in [3.63, 3.8) is 0 Å². The number of hydroxylamine groups is 1. The summed E-state index contributed by atoms with van der Waals surface area (Å²) in [4.78, 5) is 16.6. The van der Waals surface area contributed by atoms with Crippen LogP contribution in [0.3, 0.4) is 0 Å². The summed E-state index contributed by atoms with van der Waals surface area (Å²) in [5.41, 5.74) is 1.57. The van der Waals surface area contributed by atoms with Crippen molar-refractivity contribution in [2.75, 3.05) is 7.05 Å². The molecule has 0 saturated heterocycles.